The summed E-state index contributed by atoms with van der Waals surface area (Å²) in [5.41, 5.74) is -0.540. The van der Waals surface area contributed by atoms with Crippen molar-refractivity contribution in [2.24, 2.45) is 5.92 Å². The highest BCUT2D eigenvalue weighted by atomic mass is 19.1. The molecular weight excluding hydrogens is 265 g/mol. The van der Waals surface area contributed by atoms with Crippen molar-refractivity contribution in [1.29, 1.82) is 0 Å². The zero-order valence-corrected chi connectivity index (χ0v) is 12.6. The van der Waals surface area contributed by atoms with Gasteiger partial charge >= 0.3 is 12.1 Å². The van der Waals surface area contributed by atoms with E-state index in [0.29, 0.717) is 25.9 Å². The van der Waals surface area contributed by atoms with E-state index in [-0.39, 0.29) is 18.6 Å². The SMILES string of the molecule is CCOC(=O)C(F)C1CCN(C(=O)OC(C)(C)C)CC1. The van der Waals surface area contributed by atoms with Crippen LogP contribution in [0.5, 0.6) is 0 Å². The lowest BCUT2D eigenvalue weighted by Crippen LogP contribution is -2.44. The third-order valence-electron chi connectivity index (χ3n) is 3.12. The van der Waals surface area contributed by atoms with Crippen LogP contribution in [0.25, 0.3) is 0 Å². The summed E-state index contributed by atoms with van der Waals surface area (Å²) < 4.78 is 23.8. The molecule has 0 bridgehead atoms. The molecule has 1 aliphatic heterocycles. The summed E-state index contributed by atoms with van der Waals surface area (Å²) in [7, 11) is 0. The molecule has 0 aromatic heterocycles. The third-order valence-corrected chi connectivity index (χ3v) is 3.12. The zero-order chi connectivity index (χ0) is 15.3. The van der Waals surface area contributed by atoms with Crippen molar-refractivity contribution in [2.45, 2.75) is 52.3 Å². The van der Waals surface area contributed by atoms with Crippen molar-refractivity contribution < 1.29 is 23.5 Å². The molecule has 1 rings (SSSR count). The summed E-state index contributed by atoms with van der Waals surface area (Å²) in [5, 5.41) is 0. The highest BCUT2D eigenvalue weighted by molar-refractivity contribution is 5.75. The van der Waals surface area contributed by atoms with Crippen molar-refractivity contribution in [3.05, 3.63) is 0 Å². The van der Waals surface area contributed by atoms with E-state index in [0.717, 1.165) is 0 Å². The van der Waals surface area contributed by atoms with E-state index in [1.165, 1.54) is 0 Å². The first kappa shape index (κ1) is 16.7. The fraction of sp³-hybridized carbons (Fsp3) is 0.857. The third kappa shape index (κ3) is 4.98. The Hall–Kier alpha value is -1.33. The topological polar surface area (TPSA) is 55.8 Å². The van der Waals surface area contributed by atoms with Gasteiger partial charge in [-0.15, -0.1) is 0 Å². The Balaban J connectivity index is 2.43. The standard InChI is InChI=1S/C14H24FNO4/c1-5-19-12(17)11(15)10-6-8-16(9-7-10)13(18)20-14(2,3)4/h10-11H,5-9H2,1-4H3. The maximum Gasteiger partial charge on any atom is 0.410 e. The van der Waals surface area contributed by atoms with Crippen LogP contribution in [0.3, 0.4) is 0 Å². The Morgan fingerprint density at radius 2 is 1.85 bits per heavy atom. The Morgan fingerprint density at radius 3 is 2.30 bits per heavy atom. The zero-order valence-electron chi connectivity index (χ0n) is 12.6. The number of piperidine rings is 1. The van der Waals surface area contributed by atoms with Gasteiger partial charge in [-0.05, 0) is 40.5 Å². The molecule has 6 heteroatoms. The number of esters is 1. The smallest absolute Gasteiger partial charge is 0.410 e. The Kier molecular flexibility index (Phi) is 5.77. The van der Waals surface area contributed by atoms with Crippen molar-refractivity contribution in [2.75, 3.05) is 19.7 Å². The first-order chi connectivity index (χ1) is 9.24. The minimum Gasteiger partial charge on any atom is -0.464 e. The molecule has 0 aliphatic carbocycles. The van der Waals surface area contributed by atoms with Crippen LogP contribution in [-0.4, -0.2) is 48.4 Å². The monoisotopic (exact) mass is 289 g/mol. The summed E-state index contributed by atoms with van der Waals surface area (Å²) in [5.74, 6) is -1.18. The predicted octanol–water partition coefficient (Wildman–Crippen LogP) is 2.53. The molecular formula is C14H24FNO4. The van der Waals surface area contributed by atoms with Gasteiger partial charge in [0, 0.05) is 19.0 Å². The van der Waals surface area contributed by atoms with Crippen molar-refractivity contribution in [1.82, 2.24) is 4.90 Å². The van der Waals surface area contributed by atoms with Crippen LogP contribution < -0.4 is 0 Å². The lowest BCUT2D eigenvalue weighted by molar-refractivity contribution is -0.151. The average molecular weight is 289 g/mol. The summed E-state index contributed by atoms with van der Waals surface area (Å²) in [4.78, 5) is 24.7. The summed E-state index contributed by atoms with van der Waals surface area (Å²) in [6.07, 6.45) is -1.10. The minimum absolute atomic E-state index is 0.177. The van der Waals surface area contributed by atoms with Crippen LogP contribution in [0, 0.1) is 5.92 Å². The predicted molar refractivity (Wildman–Crippen MR) is 72.1 cm³/mol. The number of rotatable bonds is 3. The minimum atomic E-state index is -1.60. The molecule has 1 saturated heterocycles. The first-order valence-electron chi connectivity index (χ1n) is 7.03. The Morgan fingerprint density at radius 1 is 1.30 bits per heavy atom. The number of carbonyl (C=O) groups is 2. The van der Waals surface area contributed by atoms with Gasteiger partial charge in [-0.1, -0.05) is 0 Å². The van der Waals surface area contributed by atoms with Crippen LogP contribution in [0.2, 0.25) is 0 Å². The molecule has 1 heterocycles. The molecule has 1 atom stereocenters. The maximum atomic E-state index is 13.9. The molecule has 0 saturated carbocycles. The molecule has 0 aromatic carbocycles. The van der Waals surface area contributed by atoms with Crippen molar-refractivity contribution in [3.8, 4) is 0 Å². The molecule has 0 radical (unpaired) electrons. The Bertz CT molecular complexity index is 346. The van der Waals surface area contributed by atoms with Gasteiger partial charge in [-0.25, -0.2) is 14.0 Å². The average Bonchev–Trinajstić information content (AvgIpc) is 2.36. The molecule has 0 N–H and O–H groups in total. The van der Waals surface area contributed by atoms with Gasteiger partial charge in [0.05, 0.1) is 6.61 Å². The number of carbonyl (C=O) groups excluding carboxylic acids is 2. The quantitative estimate of drug-likeness (QED) is 0.749. The molecule has 0 aromatic rings. The maximum absolute atomic E-state index is 13.9. The van der Waals surface area contributed by atoms with Gasteiger partial charge in [0.1, 0.15) is 5.60 Å². The lowest BCUT2D eigenvalue weighted by atomic mass is 9.92. The van der Waals surface area contributed by atoms with Crippen molar-refractivity contribution in [3.63, 3.8) is 0 Å². The van der Waals surface area contributed by atoms with E-state index in [1.807, 2.05) is 0 Å². The highest BCUT2D eigenvalue weighted by Crippen LogP contribution is 2.24. The van der Waals surface area contributed by atoms with E-state index in [1.54, 1.807) is 32.6 Å². The van der Waals surface area contributed by atoms with E-state index in [4.69, 9.17) is 4.74 Å². The van der Waals surface area contributed by atoms with Crippen molar-refractivity contribution >= 4 is 12.1 Å². The van der Waals surface area contributed by atoms with Gasteiger partial charge in [0.15, 0.2) is 6.17 Å². The number of alkyl halides is 1. The largest absolute Gasteiger partial charge is 0.464 e. The van der Waals surface area contributed by atoms with Crippen LogP contribution in [0.15, 0.2) is 0 Å². The number of hydrogen-bond donors (Lipinski definition) is 0. The highest BCUT2D eigenvalue weighted by Gasteiger charge is 2.34. The van der Waals surface area contributed by atoms with Gasteiger partial charge in [-0.2, -0.15) is 0 Å². The van der Waals surface area contributed by atoms with Gasteiger partial charge in [0.2, 0.25) is 0 Å². The Labute approximate surface area is 119 Å². The van der Waals surface area contributed by atoms with E-state index in [2.05, 4.69) is 4.74 Å². The fourth-order valence-electron chi connectivity index (χ4n) is 2.12. The molecule has 1 unspecified atom stereocenters. The number of hydrogen-bond acceptors (Lipinski definition) is 4. The number of halogens is 1. The molecule has 1 amide bonds. The van der Waals surface area contributed by atoms with Crippen LogP contribution in [-0.2, 0) is 14.3 Å². The lowest BCUT2D eigenvalue weighted by Gasteiger charge is -2.34. The van der Waals surface area contributed by atoms with Gasteiger partial charge < -0.3 is 14.4 Å². The first-order valence-corrected chi connectivity index (χ1v) is 7.03. The van der Waals surface area contributed by atoms with Crippen LogP contribution in [0.4, 0.5) is 9.18 Å². The normalized spacial score (nSPS) is 18.6. The van der Waals surface area contributed by atoms with E-state index >= 15 is 0 Å². The van der Waals surface area contributed by atoms with E-state index in [9.17, 15) is 14.0 Å². The van der Waals surface area contributed by atoms with E-state index < -0.39 is 17.7 Å². The second kappa shape index (κ2) is 6.90. The number of amides is 1. The fourth-order valence-corrected chi connectivity index (χ4v) is 2.12. The summed E-state index contributed by atoms with van der Waals surface area (Å²) >= 11 is 0. The molecule has 1 aliphatic rings. The molecule has 1 fully saturated rings. The molecule has 0 spiro atoms. The number of ether oxygens (including phenoxy) is 2. The molecule has 116 valence electrons. The van der Waals surface area contributed by atoms with Gasteiger partial charge in [0.25, 0.3) is 0 Å². The summed E-state index contributed by atoms with van der Waals surface area (Å²) in [6.45, 7) is 8.03. The van der Waals surface area contributed by atoms with Crippen LogP contribution in [0.1, 0.15) is 40.5 Å². The van der Waals surface area contributed by atoms with Crippen LogP contribution >= 0.6 is 0 Å². The number of nitrogens with zero attached hydrogens (tertiary/aromatic N) is 1. The second-order valence-electron chi connectivity index (χ2n) is 5.96. The number of likely N-dealkylation sites (tertiary alicyclic amines) is 1. The molecule has 20 heavy (non-hydrogen) atoms. The second-order valence-corrected chi connectivity index (χ2v) is 5.96. The summed E-state index contributed by atoms with van der Waals surface area (Å²) in [6, 6.07) is 0. The van der Waals surface area contributed by atoms with Gasteiger partial charge in [-0.3, -0.25) is 0 Å². The molecule has 5 nitrogen and oxygen atoms in total.